The molecule has 0 spiro atoms. The van der Waals surface area contributed by atoms with Gasteiger partial charge in [0.2, 0.25) is 0 Å². The van der Waals surface area contributed by atoms with Crippen molar-refractivity contribution in [2.24, 2.45) is 5.73 Å². The van der Waals surface area contributed by atoms with Gasteiger partial charge in [-0.15, -0.1) is 11.3 Å². The highest BCUT2D eigenvalue weighted by atomic mass is 32.1. The van der Waals surface area contributed by atoms with Crippen LogP contribution >= 0.6 is 11.3 Å². The highest BCUT2D eigenvalue weighted by Crippen LogP contribution is 2.39. The second kappa shape index (κ2) is 7.13. The number of aryl methyl sites for hydroxylation is 1. The summed E-state index contributed by atoms with van der Waals surface area (Å²) in [6.45, 7) is 3.96. The molecular weight excluding hydrogens is 375 g/mol. The number of hydrogen-bond acceptors (Lipinski definition) is 4. The minimum absolute atomic E-state index is 0.0824. The Kier molecular flexibility index (Phi) is 4.79. The third-order valence-electron chi connectivity index (χ3n) is 5.33. The van der Waals surface area contributed by atoms with Gasteiger partial charge in [-0.2, -0.15) is 0 Å². The first kappa shape index (κ1) is 18.8. The van der Waals surface area contributed by atoms with Crippen molar-refractivity contribution in [2.45, 2.75) is 26.4 Å². The van der Waals surface area contributed by atoms with E-state index in [-0.39, 0.29) is 23.9 Å². The van der Waals surface area contributed by atoms with Crippen molar-refractivity contribution in [3.63, 3.8) is 0 Å². The van der Waals surface area contributed by atoms with Crippen LogP contribution in [0.15, 0.2) is 40.5 Å². The number of aromatic amines is 1. The molecule has 4 rings (SSSR count). The Labute approximate surface area is 165 Å². The van der Waals surface area contributed by atoms with Crippen LogP contribution < -0.4 is 11.3 Å². The lowest BCUT2D eigenvalue weighted by molar-refractivity contribution is 0.282. The van der Waals surface area contributed by atoms with E-state index in [0.29, 0.717) is 33.5 Å². The smallest absolute Gasteiger partial charge is 0.266 e. The molecule has 28 heavy (non-hydrogen) atoms. The molecule has 0 saturated carbocycles. The third-order valence-corrected chi connectivity index (χ3v) is 6.24. The second-order valence-electron chi connectivity index (χ2n) is 7.13. The van der Waals surface area contributed by atoms with Gasteiger partial charge in [-0.3, -0.25) is 4.79 Å². The van der Waals surface area contributed by atoms with Crippen LogP contribution in [0.2, 0.25) is 0 Å². The average Bonchev–Trinajstić information content (AvgIpc) is 3.18. The molecule has 4 N–H and O–H groups in total. The molecule has 0 bridgehead atoms. The van der Waals surface area contributed by atoms with Gasteiger partial charge in [0.15, 0.2) is 0 Å². The number of rotatable bonds is 4. The number of thiophene rings is 1. The Morgan fingerprint density at radius 3 is 2.75 bits per heavy atom. The normalized spacial score (nSPS) is 12.8. The summed E-state index contributed by atoms with van der Waals surface area (Å²) in [4.78, 5) is 15.4. The van der Waals surface area contributed by atoms with Gasteiger partial charge in [-0.25, -0.2) is 4.39 Å². The van der Waals surface area contributed by atoms with Crippen LogP contribution in [-0.4, -0.2) is 16.6 Å². The quantitative estimate of drug-likeness (QED) is 0.478. The van der Waals surface area contributed by atoms with Crippen LogP contribution in [0.3, 0.4) is 0 Å². The van der Waals surface area contributed by atoms with Gasteiger partial charge in [0, 0.05) is 10.8 Å². The van der Waals surface area contributed by atoms with Crippen molar-refractivity contribution >= 4 is 32.3 Å². The molecule has 2 aromatic heterocycles. The van der Waals surface area contributed by atoms with E-state index in [0.717, 1.165) is 21.9 Å². The highest BCUT2D eigenvalue weighted by Gasteiger charge is 2.19. The van der Waals surface area contributed by atoms with E-state index in [1.54, 1.807) is 6.07 Å². The van der Waals surface area contributed by atoms with Gasteiger partial charge < -0.3 is 15.8 Å². The van der Waals surface area contributed by atoms with E-state index >= 15 is 0 Å². The number of aliphatic hydroxyl groups excluding tert-OH is 1. The number of pyridine rings is 1. The van der Waals surface area contributed by atoms with Crippen LogP contribution in [-0.2, 0) is 6.61 Å². The minimum Gasteiger partial charge on any atom is -0.392 e. The largest absolute Gasteiger partial charge is 0.392 e. The fourth-order valence-electron chi connectivity index (χ4n) is 3.83. The molecule has 0 radical (unpaired) electrons. The van der Waals surface area contributed by atoms with Crippen molar-refractivity contribution in [3.05, 3.63) is 68.6 Å². The Morgan fingerprint density at radius 1 is 1.29 bits per heavy atom. The fourth-order valence-corrected chi connectivity index (χ4v) is 4.63. The molecule has 144 valence electrons. The topological polar surface area (TPSA) is 79.1 Å². The lowest BCUT2D eigenvalue weighted by Gasteiger charge is -2.17. The molecule has 6 heteroatoms. The Hall–Kier alpha value is -2.54. The minimum atomic E-state index is -0.320. The summed E-state index contributed by atoms with van der Waals surface area (Å²) in [5.41, 5.74) is 9.81. The summed E-state index contributed by atoms with van der Waals surface area (Å²) in [5, 5.41) is 13.5. The molecular formula is C22H21FN2O2S. The molecule has 0 aliphatic rings. The molecule has 0 fully saturated rings. The van der Waals surface area contributed by atoms with E-state index < -0.39 is 0 Å². The van der Waals surface area contributed by atoms with Crippen molar-refractivity contribution in [1.82, 2.24) is 4.98 Å². The van der Waals surface area contributed by atoms with Crippen molar-refractivity contribution < 1.29 is 9.50 Å². The summed E-state index contributed by atoms with van der Waals surface area (Å²) in [6.07, 6.45) is 0. The number of H-pyrrole nitrogens is 1. The summed E-state index contributed by atoms with van der Waals surface area (Å²) < 4.78 is 15.5. The monoisotopic (exact) mass is 396 g/mol. The number of benzene rings is 2. The average molecular weight is 396 g/mol. The summed E-state index contributed by atoms with van der Waals surface area (Å²) >= 11 is 1.37. The number of aromatic nitrogens is 1. The number of nitrogens with one attached hydrogen (secondary N) is 1. The van der Waals surface area contributed by atoms with E-state index in [1.807, 2.05) is 37.4 Å². The molecule has 4 aromatic rings. The first-order valence-corrected chi connectivity index (χ1v) is 10.0. The van der Waals surface area contributed by atoms with E-state index in [4.69, 9.17) is 5.73 Å². The molecule has 0 amide bonds. The summed E-state index contributed by atoms with van der Waals surface area (Å²) in [7, 11) is 0. The zero-order valence-corrected chi connectivity index (χ0v) is 16.5. The molecule has 0 unspecified atom stereocenters. The first-order chi connectivity index (χ1) is 13.5. The molecule has 0 aliphatic carbocycles. The van der Waals surface area contributed by atoms with Crippen molar-refractivity contribution in [3.8, 4) is 11.1 Å². The zero-order chi connectivity index (χ0) is 20.0. The van der Waals surface area contributed by atoms with Crippen molar-refractivity contribution in [1.29, 1.82) is 0 Å². The van der Waals surface area contributed by atoms with Crippen molar-refractivity contribution in [2.75, 3.05) is 6.54 Å². The third kappa shape index (κ3) is 2.85. The number of fused-ring (bicyclic) bond motifs is 3. The number of hydrogen-bond donors (Lipinski definition) is 3. The lowest BCUT2D eigenvalue weighted by Crippen LogP contribution is -2.10. The molecule has 2 aromatic carbocycles. The second-order valence-corrected chi connectivity index (χ2v) is 8.04. The molecule has 2 heterocycles. The highest BCUT2D eigenvalue weighted by molar-refractivity contribution is 7.17. The van der Waals surface area contributed by atoms with Gasteiger partial charge >= 0.3 is 0 Å². The SMILES string of the molecule is Cc1cc(CO)c(-c2ccc([C@H](C)CN)c(F)c2)c2c1[nH]c(=O)c1sccc12. The number of aliphatic hydroxyl groups is 1. The van der Waals surface area contributed by atoms with Gasteiger partial charge in [0.25, 0.3) is 5.56 Å². The Morgan fingerprint density at radius 2 is 2.07 bits per heavy atom. The van der Waals surface area contributed by atoms with Crippen LogP contribution in [0.1, 0.15) is 29.5 Å². The van der Waals surface area contributed by atoms with E-state index in [9.17, 15) is 14.3 Å². The van der Waals surface area contributed by atoms with Gasteiger partial charge in [-0.05, 0) is 64.7 Å². The molecule has 0 saturated heterocycles. The predicted octanol–water partition coefficient (Wildman–Crippen LogP) is 4.41. The first-order valence-electron chi connectivity index (χ1n) is 9.12. The summed E-state index contributed by atoms with van der Waals surface area (Å²) in [6, 6.07) is 8.86. The molecule has 0 aliphatic heterocycles. The number of halogens is 1. The Balaban J connectivity index is 2.12. The van der Waals surface area contributed by atoms with Gasteiger partial charge in [-0.1, -0.05) is 25.1 Å². The van der Waals surface area contributed by atoms with Crippen LogP contribution in [0.25, 0.3) is 32.1 Å². The maximum Gasteiger partial charge on any atom is 0.266 e. The van der Waals surface area contributed by atoms with Gasteiger partial charge in [0.1, 0.15) is 10.5 Å². The van der Waals surface area contributed by atoms with Crippen LogP contribution in [0.4, 0.5) is 4.39 Å². The molecule has 1 atom stereocenters. The van der Waals surface area contributed by atoms with Crippen LogP contribution in [0.5, 0.6) is 0 Å². The lowest BCUT2D eigenvalue weighted by atomic mass is 9.90. The standard InChI is InChI=1S/C22H21FN2O2S/c1-11-7-14(10-26)18(13-3-4-15(12(2)9-24)17(23)8-13)19-16-5-6-28-21(16)22(27)25-20(11)19/h3-8,12,26H,9-10,24H2,1-2H3,(H,25,27)/t12-/m1/s1. The molecule has 4 nitrogen and oxygen atoms in total. The van der Waals surface area contributed by atoms with E-state index in [2.05, 4.69) is 4.98 Å². The maximum atomic E-state index is 14.8. The zero-order valence-electron chi connectivity index (χ0n) is 15.7. The maximum absolute atomic E-state index is 14.8. The number of nitrogens with two attached hydrogens (primary N) is 1. The van der Waals surface area contributed by atoms with Gasteiger partial charge in [0.05, 0.1) is 12.1 Å². The Bertz CT molecular complexity index is 1260. The van der Waals surface area contributed by atoms with E-state index in [1.165, 1.54) is 17.4 Å². The predicted molar refractivity (Wildman–Crippen MR) is 113 cm³/mol. The summed E-state index contributed by atoms with van der Waals surface area (Å²) in [5.74, 6) is -0.403. The fraction of sp³-hybridized carbons (Fsp3) is 0.227. The van der Waals surface area contributed by atoms with Crippen LogP contribution in [0, 0.1) is 12.7 Å².